The van der Waals surface area contributed by atoms with Crippen LogP contribution in [0.5, 0.6) is 0 Å². The van der Waals surface area contributed by atoms with Crippen LogP contribution in [0.15, 0.2) is 24.3 Å². The lowest BCUT2D eigenvalue weighted by molar-refractivity contribution is -0.119. The Morgan fingerprint density at radius 3 is 2.50 bits per heavy atom. The maximum absolute atomic E-state index is 12.7. The average molecular weight is 411 g/mol. The van der Waals surface area contributed by atoms with Crippen molar-refractivity contribution < 1.29 is 13.2 Å². The Morgan fingerprint density at radius 1 is 1.21 bits per heavy atom. The SMILES string of the molecule is Cc1ccc(N(CC(=O)NCCCN2CCCC[C@@H]2C)S(=O)(=O)N(C)C)cc1. The van der Waals surface area contributed by atoms with Crippen LogP contribution in [0.1, 0.15) is 38.2 Å². The predicted molar refractivity (Wildman–Crippen MR) is 114 cm³/mol. The minimum absolute atomic E-state index is 0.232. The summed E-state index contributed by atoms with van der Waals surface area (Å²) < 4.78 is 27.6. The molecular formula is C20H34N4O3S. The largest absolute Gasteiger partial charge is 0.354 e. The number of piperidine rings is 1. The normalized spacial score (nSPS) is 18.2. The molecule has 1 aliphatic rings. The first-order valence-corrected chi connectivity index (χ1v) is 11.4. The number of amides is 1. The molecule has 1 aliphatic heterocycles. The van der Waals surface area contributed by atoms with Gasteiger partial charge in [-0.05, 0) is 51.8 Å². The molecule has 1 aromatic carbocycles. The maximum Gasteiger partial charge on any atom is 0.304 e. The van der Waals surface area contributed by atoms with Gasteiger partial charge in [-0.25, -0.2) is 4.31 Å². The molecule has 0 aliphatic carbocycles. The van der Waals surface area contributed by atoms with E-state index < -0.39 is 10.2 Å². The molecule has 1 atom stereocenters. The standard InChI is InChI=1S/C20H34N4O3S/c1-17-9-11-19(12-10-17)24(28(26,27)22(3)4)16-20(25)21-13-7-15-23-14-6-5-8-18(23)2/h9-12,18H,5-8,13-16H2,1-4H3,(H,21,25)/t18-/m0/s1. The first-order chi connectivity index (χ1) is 13.2. The first-order valence-electron chi connectivity index (χ1n) is 9.99. The van der Waals surface area contributed by atoms with Gasteiger partial charge in [0.15, 0.2) is 0 Å². The van der Waals surface area contributed by atoms with Gasteiger partial charge in [0.25, 0.3) is 0 Å². The molecule has 1 N–H and O–H groups in total. The number of hydrogen-bond donors (Lipinski definition) is 1. The fourth-order valence-electron chi connectivity index (χ4n) is 3.40. The molecule has 7 nitrogen and oxygen atoms in total. The smallest absolute Gasteiger partial charge is 0.304 e. The van der Waals surface area contributed by atoms with Crippen LogP contribution in [0.4, 0.5) is 5.69 Å². The van der Waals surface area contributed by atoms with E-state index in [1.54, 1.807) is 12.1 Å². The fraction of sp³-hybridized carbons (Fsp3) is 0.650. The van der Waals surface area contributed by atoms with Gasteiger partial charge in [-0.3, -0.25) is 4.79 Å². The summed E-state index contributed by atoms with van der Waals surface area (Å²) in [6.07, 6.45) is 4.63. The van der Waals surface area contributed by atoms with Crippen molar-refractivity contribution in [1.82, 2.24) is 14.5 Å². The lowest BCUT2D eigenvalue weighted by Crippen LogP contribution is -2.46. The van der Waals surface area contributed by atoms with E-state index in [-0.39, 0.29) is 12.5 Å². The molecule has 2 rings (SSSR count). The lowest BCUT2D eigenvalue weighted by Gasteiger charge is -2.33. The van der Waals surface area contributed by atoms with E-state index in [0.717, 1.165) is 33.7 Å². The van der Waals surface area contributed by atoms with Gasteiger partial charge >= 0.3 is 10.2 Å². The number of carbonyl (C=O) groups is 1. The second-order valence-electron chi connectivity index (χ2n) is 7.72. The molecule has 1 aromatic rings. The Bertz CT molecular complexity index is 734. The highest BCUT2D eigenvalue weighted by molar-refractivity contribution is 7.90. The molecule has 0 radical (unpaired) electrons. The van der Waals surface area contributed by atoms with Gasteiger partial charge in [0.05, 0.1) is 5.69 Å². The molecule has 28 heavy (non-hydrogen) atoms. The van der Waals surface area contributed by atoms with Crippen LogP contribution in [-0.4, -0.2) is 69.8 Å². The first kappa shape index (κ1) is 22.6. The number of nitrogens with one attached hydrogen (secondary N) is 1. The lowest BCUT2D eigenvalue weighted by atomic mass is 10.0. The van der Waals surface area contributed by atoms with E-state index >= 15 is 0 Å². The van der Waals surface area contributed by atoms with Gasteiger partial charge in [-0.15, -0.1) is 0 Å². The zero-order chi connectivity index (χ0) is 20.7. The second-order valence-corrected chi connectivity index (χ2v) is 9.78. The summed E-state index contributed by atoms with van der Waals surface area (Å²) in [5, 5.41) is 2.87. The van der Waals surface area contributed by atoms with Crippen molar-refractivity contribution in [1.29, 1.82) is 0 Å². The van der Waals surface area contributed by atoms with Crippen molar-refractivity contribution in [3.05, 3.63) is 29.8 Å². The van der Waals surface area contributed by atoms with E-state index in [4.69, 9.17) is 0 Å². The number of rotatable bonds is 9. The second kappa shape index (κ2) is 10.2. The number of benzene rings is 1. The minimum Gasteiger partial charge on any atom is -0.354 e. The van der Waals surface area contributed by atoms with Gasteiger partial charge in [0, 0.05) is 33.2 Å². The Morgan fingerprint density at radius 2 is 1.89 bits per heavy atom. The average Bonchev–Trinajstić information content (AvgIpc) is 2.65. The quantitative estimate of drug-likeness (QED) is 0.632. The van der Waals surface area contributed by atoms with Crippen LogP contribution < -0.4 is 9.62 Å². The Hall–Kier alpha value is -1.64. The highest BCUT2D eigenvalue weighted by atomic mass is 32.2. The van der Waals surface area contributed by atoms with Crippen molar-refractivity contribution in [3.63, 3.8) is 0 Å². The third kappa shape index (κ3) is 6.18. The molecule has 1 saturated heterocycles. The summed E-state index contributed by atoms with van der Waals surface area (Å²) >= 11 is 0. The third-order valence-corrected chi connectivity index (χ3v) is 7.05. The van der Waals surface area contributed by atoms with Crippen LogP contribution in [0, 0.1) is 6.92 Å². The van der Waals surface area contributed by atoms with Crippen LogP contribution in [0.3, 0.4) is 0 Å². The fourth-order valence-corrected chi connectivity index (χ4v) is 4.46. The molecule has 0 saturated carbocycles. The summed E-state index contributed by atoms with van der Waals surface area (Å²) in [5.41, 5.74) is 1.51. The Kier molecular flexibility index (Phi) is 8.27. The van der Waals surface area contributed by atoms with Crippen LogP contribution in [-0.2, 0) is 15.0 Å². The highest BCUT2D eigenvalue weighted by Gasteiger charge is 2.27. The highest BCUT2D eigenvalue weighted by Crippen LogP contribution is 2.20. The van der Waals surface area contributed by atoms with Gasteiger partial charge < -0.3 is 10.2 Å². The van der Waals surface area contributed by atoms with Crippen LogP contribution >= 0.6 is 0 Å². The number of likely N-dealkylation sites (tertiary alicyclic amines) is 1. The van der Waals surface area contributed by atoms with E-state index in [0.29, 0.717) is 18.3 Å². The summed E-state index contributed by atoms with van der Waals surface area (Å²) in [7, 11) is -0.824. The third-order valence-electron chi connectivity index (χ3n) is 5.23. The molecule has 1 amide bonds. The molecule has 158 valence electrons. The number of anilines is 1. The van der Waals surface area contributed by atoms with Gasteiger partial charge in [0.1, 0.15) is 6.54 Å². The monoisotopic (exact) mass is 410 g/mol. The molecule has 1 fully saturated rings. The maximum atomic E-state index is 12.7. The summed E-state index contributed by atoms with van der Waals surface area (Å²) in [6, 6.07) is 7.73. The number of hydrogen-bond acceptors (Lipinski definition) is 4. The van der Waals surface area contributed by atoms with Crippen LogP contribution in [0.25, 0.3) is 0 Å². The molecule has 0 bridgehead atoms. The van der Waals surface area contributed by atoms with Crippen molar-refractivity contribution in [2.75, 3.05) is 44.6 Å². The van der Waals surface area contributed by atoms with Crippen molar-refractivity contribution in [2.24, 2.45) is 0 Å². The van der Waals surface area contributed by atoms with Crippen LogP contribution in [0.2, 0.25) is 0 Å². The molecule has 0 unspecified atom stereocenters. The zero-order valence-corrected chi connectivity index (χ0v) is 18.3. The molecular weight excluding hydrogens is 376 g/mol. The predicted octanol–water partition coefficient (Wildman–Crippen LogP) is 1.99. The van der Waals surface area contributed by atoms with E-state index in [9.17, 15) is 13.2 Å². The van der Waals surface area contributed by atoms with Gasteiger partial charge in [-0.2, -0.15) is 12.7 Å². The Balaban J connectivity index is 1.92. The van der Waals surface area contributed by atoms with Crippen molar-refractivity contribution in [2.45, 2.75) is 45.6 Å². The van der Waals surface area contributed by atoms with E-state index in [2.05, 4.69) is 17.1 Å². The minimum atomic E-state index is -3.76. The van der Waals surface area contributed by atoms with Crippen molar-refractivity contribution in [3.8, 4) is 0 Å². The topological polar surface area (TPSA) is 73.0 Å². The zero-order valence-electron chi connectivity index (χ0n) is 17.5. The molecule has 1 heterocycles. The van der Waals surface area contributed by atoms with E-state index in [1.807, 2.05) is 19.1 Å². The van der Waals surface area contributed by atoms with E-state index in [1.165, 1.54) is 33.4 Å². The van der Waals surface area contributed by atoms with Gasteiger partial charge in [0.2, 0.25) is 5.91 Å². The molecule has 0 aromatic heterocycles. The summed E-state index contributed by atoms with van der Waals surface area (Å²) in [4.78, 5) is 14.9. The van der Waals surface area contributed by atoms with Crippen molar-refractivity contribution >= 4 is 21.8 Å². The summed E-state index contributed by atoms with van der Waals surface area (Å²) in [6.45, 7) is 6.58. The number of aryl methyl sites for hydroxylation is 1. The number of nitrogens with zero attached hydrogens (tertiary/aromatic N) is 3. The van der Waals surface area contributed by atoms with Gasteiger partial charge in [-0.1, -0.05) is 24.1 Å². The Labute approximate surface area is 169 Å². The molecule has 8 heteroatoms. The number of carbonyl (C=O) groups excluding carboxylic acids is 1. The summed E-state index contributed by atoms with van der Waals surface area (Å²) in [5.74, 6) is -0.294. The molecule has 0 spiro atoms.